The summed E-state index contributed by atoms with van der Waals surface area (Å²) in [6.07, 6.45) is 4.74. The number of hydrogen-bond donors (Lipinski definition) is 1. The van der Waals surface area contributed by atoms with E-state index < -0.39 is 0 Å². The summed E-state index contributed by atoms with van der Waals surface area (Å²) in [6.45, 7) is 10.5. The zero-order valence-corrected chi connectivity index (χ0v) is 13.2. The molecule has 0 amide bonds. The minimum atomic E-state index is 0.474. The first-order chi connectivity index (χ1) is 9.63. The fraction of sp³-hybridized carbons (Fsp3) is 0.867. The van der Waals surface area contributed by atoms with Gasteiger partial charge in [-0.1, -0.05) is 32.8 Å². The van der Waals surface area contributed by atoms with E-state index in [0.717, 1.165) is 19.4 Å². The molecule has 0 radical (unpaired) electrons. The highest BCUT2D eigenvalue weighted by atomic mass is 16.4. The highest BCUT2D eigenvalue weighted by molar-refractivity contribution is 5.26. The van der Waals surface area contributed by atoms with Crippen LogP contribution < -0.4 is 10.2 Å². The standard InChI is InChI=1S/C15H28N4O/c1-5-13(6-2)19(10-11(3)4)15-18-17-14(20-15)9-16-12-7-8-12/h11-13,16H,5-10H2,1-4H3. The summed E-state index contributed by atoms with van der Waals surface area (Å²) in [4.78, 5) is 2.28. The second-order valence-corrected chi connectivity index (χ2v) is 6.15. The predicted octanol–water partition coefficient (Wildman–Crippen LogP) is 2.97. The maximum Gasteiger partial charge on any atom is 0.318 e. The average molecular weight is 280 g/mol. The monoisotopic (exact) mass is 280 g/mol. The second-order valence-electron chi connectivity index (χ2n) is 6.15. The van der Waals surface area contributed by atoms with Gasteiger partial charge in [-0.2, -0.15) is 0 Å². The second kappa shape index (κ2) is 7.07. The van der Waals surface area contributed by atoms with Crippen LogP contribution in [0.25, 0.3) is 0 Å². The van der Waals surface area contributed by atoms with Crippen molar-refractivity contribution in [3.05, 3.63) is 5.89 Å². The van der Waals surface area contributed by atoms with Crippen molar-refractivity contribution < 1.29 is 4.42 Å². The van der Waals surface area contributed by atoms with Crippen LogP contribution in [-0.4, -0.2) is 28.8 Å². The molecule has 1 saturated carbocycles. The lowest BCUT2D eigenvalue weighted by Crippen LogP contribution is -2.37. The third-order valence-corrected chi connectivity index (χ3v) is 3.77. The summed E-state index contributed by atoms with van der Waals surface area (Å²) in [6, 6.07) is 1.82. The van der Waals surface area contributed by atoms with Crippen molar-refractivity contribution >= 4 is 6.01 Å². The van der Waals surface area contributed by atoms with Gasteiger partial charge in [-0.05, 0) is 31.6 Å². The quantitative estimate of drug-likeness (QED) is 0.753. The fourth-order valence-electron chi connectivity index (χ4n) is 2.46. The van der Waals surface area contributed by atoms with Gasteiger partial charge in [0.05, 0.1) is 6.54 Å². The predicted molar refractivity (Wildman–Crippen MR) is 80.7 cm³/mol. The van der Waals surface area contributed by atoms with Gasteiger partial charge < -0.3 is 14.6 Å². The molecule has 1 aliphatic carbocycles. The van der Waals surface area contributed by atoms with Crippen molar-refractivity contribution in [1.82, 2.24) is 15.5 Å². The van der Waals surface area contributed by atoms with E-state index in [1.54, 1.807) is 0 Å². The molecule has 0 aromatic carbocycles. The summed E-state index contributed by atoms with van der Waals surface area (Å²) < 4.78 is 5.85. The Hall–Kier alpha value is -1.10. The SMILES string of the molecule is CCC(CC)N(CC(C)C)c1nnc(CNC2CC2)o1. The van der Waals surface area contributed by atoms with E-state index >= 15 is 0 Å². The molecule has 0 bridgehead atoms. The largest absolute Gasteiger partial charge is 0.407 e. The van der Waals surface area contributed by atoms with Crippen LogP contribution in [0, 0.1) is 5.92 Å². The van der Waals surface area contributed by atoms with Crippen LogP contribution in [-0.2, 0) is 6.54 Å². The van der Waals surface area contributed by atoms with Crippen molar-refractivity contribution in [3.63, 3.8) is 0 Å². The molecule has 1 heterocycles. The molecule has 5 heteroatoms. The van der Waals surface area contributed by atoms with E-state index in [1.165, 1.54) is 12.8 Å². The van der Waals surface area contributed by atoms with Gasteiger partial charge >= 0.3 is 6.01 Å². The lowest BCUT2D eigenvalue weighted by molar-refractivity contribution is 0.420. The summed E-state index contributed by atoms with van der Waals surface area (Å²) in [5.41, 5.74) is 0. The van der Waals surface area contributed by atoms with Gasteiger partial charge in [-0.15, -0.1) is 5.10 Å². The molecule has 20 heavy (non-hydrogen) atoms. The molecule has 2 rings (SSSR count). The van der Waals surface area contributed by atoms with Gasteiger partial charge in [0, 0.05) is 18.6 Å². The van der Waals surface area contributed by atoms with Crippen molar-refractivity contribution in [3.8, 4) is 0 Å². The van der Waals surface area contributed by atoms with Crippen LogP contribution in [0.1, 0.15) is 59.3 Å². The minimum absolute atomic E-state index is 0.474. The van der Waals surface area contributed by atoms with Gasteiger partial charge in [0.15, 0.2) is 0 Å². The molecule has 1 N–H and O–H groups in total. The van der Waals surface area contributed by atoms with E-state index in [2.05, 4.69) is 48.1 Å². The molecule has 0 saturated heterocycles. The fourth-order valence-corrected chi connectivity index (χ4v) is 2.46. The number of anilines is 1. The van der Waals surface area contributed by atoms with E-state index in [4.69, 9.17) is 4.42 Å². The number of hydrogen-bond acceptors (Lipinski definition) is 5. The average Bonchev–Trinajstić information content (AvgIpc) is 3.13. The first-order valence-corrected chi connectivity index (χ1v) is 7.96. The molecule has 1 aromatic rings. The Kier molecular flexibility index (Phi) is 5.40. The van der Waals surface area contributed by atoms with Crippen LogP contribution in [0.3, 0.4) is 0 Å². The van der Waals surface area contributed by atoms with Gasteiger partial charge in [0.2, 0.25) is 5.89 Å². The molecule has 114 valence electrons. The molecule has 0 atom stereocenters. The van der Waals surface area contributed by atoms with Crippen LogP contribution in [0.15, 0.2) is 4.42 Å². The summed E-state index contributed by atoms with van der Waals surface area (Å²) in [7, 11) is 0. The van der Waals surface area contributed by atoms with Crippen LogP contribution in [0.5, 0.6) is 0 Å². The molecule has 1 fully saturated rings. The number of nitrogens with zero attached hydrogens (tertiary/aromatic N) is 3. The Morgan fingerprint density at radius 2 is 1.95 bits per heavy atom. The van der Waals surface area contributed by atoms with E-state index in [-0.39, 0.29) is 0 Å². The van der Waals surface area contributed by atoms with Gasteiger partial charge in [0.1, 0.15) is 0 Å². The molecule has 1 aromatic heterocycles. The summed E-state index contributed by atoms with van der Waals surface area (Å²) >= 11 is 0. The smallest absolute Gasteiger partial charge is 0.318 e. The minimum Gasteiger partial charge on any atom is -0.407 e. The van der Waals surface area contributed by atoms with Crippen LogP contribution in [0.4, 0.5) is 6.01 Å². The lowest BCUT2D eigenvalue weighted by Gasteiger charge is -2.30. The normalized spacial score (nSPS) is 15.3. The third-order valence-electron chi connectivity index (χ3n) is 3.77. The van der Waals surface area contributed by atoms with Gasteiger partial charge in [-0.3, -0.25) is 0 Å². The van der Waals surface area contributed by atoms with Crippen molar-refractivity contribution in [2.45, 2.75) is 72.0 Å². The molecule has 0 spiro atoms. The lowest BCUT2D eigenvalue weighted by atomic mass is 10.1. The first-order valence-electron chi connectivity index (χ1n) is 7.96. The van der Waals surface area contributed by atoms with Crippen LogP contribution in [0.2, 0.25) is 0 Å². The molecule has 1 aliphatic rings. The molecule has 0 aliphatic heterocycles. The molecular formula is C15H28N4O. The highest BCUT2D eigenvalue weighted by Gasteiger charge is 2.24. The Balaban J connectivity index is 2.02. The third kappa shape index (κ3) is 4.20. The maximum atomic E-state index is 5.85. The van der Waals surface area contributed by atoms with E-state index in [0.29, 0.717) is 36.5 Å². The van der Waals surface area contributed by atoms with Crippen LogP contribution >= 0.6 is 0 Å². The van der Waals surface area contributed by atoms with E-state index in [1.807, 2.05) is 0 Å². The number of aromatic nitrogens is 2. The Morgan fingerprint density at radius 3 is 2.50 bits per heavy atom. The van der Waals surface area contributed by atoms with Gasteiger partial charge in [-0.25, -0.2) is 0 Å². The topological polar surface area (TPSA) is 54.2 Å². The number of rotatable bonds is 9. The Morgan fingerprint density at radius 1 is 1.25 bits per heavy atom. The Labute approximate surface area is 122 Å². The highest BCUT2D eigenvalue weighted by Crippen LogP contribution is 2.22. The maximum absolute atomic E-state index is 5.85. The Bertz CT molecular complexity index is 396. The number of nitrogens with one attached hydrogen (secondary N) is 1. The summed E-state index contributed by atoms with van der Waals surface area (Å²) in [5.74, 6) is 1.28. The zero-order chi connectivity index (χ0) is 14.5. The molecule has 0 unspecified atom stereocenters. The summed E-state index contributed by atoms with van der Waals surface area (Å²) in [5, 5.41) is 11.8. The molecular weight excluding hydrogens is 252 g/mol. The molecule has 5 nitrogen and oxygen atoms in total. The zero-order valence-electron chi connectivity index (χ0n) is 13.2. The van der Waals surface area contributed by atoms with Crippen molar-refractivity contribution in [2.24, 2.45) is 5.92 Å². The van der Waals surface area contributed by atoms with Gasteiger partial charge in [0.25, 0.3) is 0 Å². The van der Waals surface area contributed by atoms with Crippen molar-refractivity contribution in [1.29, 1.82) is 0 Å². The van der Waals surface area contributed by atoms with Crippen molar-refractivity contribution in [2.75, 3.05) is 11.4 Å². The first kappa shape index (κ1) is 15.3. The van der Waals surface area contributed by atoms with E-state index in [9.17, 15) is 0 Å².